The quantitative estimate of drug-likeness (QED) is 0.391. The lowest BCUT2D eigenvalue weighted by Gasteiger charge is -2.13. The molecule has 2 aromatic heterocycles. The van der Waals surface area contributed by atoms with E-state index < -0.39 is 11.9 Å². The monoisotopic (exact) mass is 424 g/mol. The Kier molecular flexibility index (Phi) is 6.84. The van der Waals surface area contributed by atoms with Gasteiger partial charge in [0.2, 0.25) is 0 Å². The molecule has 7 heteroatoms. The van der Waals surface area contributed by atoms with Crippen LogP contribution in [0.25, 0.3) is 16.8 Å². The number of hydrogen-bond acceptors (Lipinski definition) is 5. The van der Waals surface area contributed by atoms with Crippen molar-refractivity contribution in [1.29, 1.82) is 0 Å². The fourth-order valence-electron chi connectivity index (χ4n) is 3.24. The topological polar surface area (TPSA) is 81.4 Å². The molecule has 0 radical (unpaired) electrons. The van der Waals surface area contributed by atoms with Crippen LogP contribution in [0.4, 0.5) is 0 Å². The van der Waals surface area contributed by atoms with Crippen LogP contribution in [0.5, 0.6) is 0 Å². The fourth-order valence-corrected chi connectivity index (χ4v) is 4.10. The molecule has 0 bridgehead atoms. The second-order valence-electron chi connectivity index (χ2n) is 6.88. The first-order valence-corrected chi connectivity index (χ1v) is 10.6. The first kappa shape index (κ1) is 21.5. The molecule has 2 heterocycles. The number of methoxy groups -OCH3 is 1. The molecule has 6 nitrogen and oxygen atoms in total. The number of aromatic carboxylic acids is 1. The normalized spacial score (nSPS) is 10.7. The van der Waals surface area contributed by atoms with E-state index in [-0.39, 0.29) is 5.56 Å². The number of carboxylic acid groups (broad SMARTS) is 1. The minimum Gasteiger partial charge on any atom is -0.478 e. The molecule has 156 valence electrons. The van der Waals surface area contributed by atoms with E-state index in [1.54, 1.807) is 12.1 Å². The van der Waals surface area contributed by atoms with Crippen LogP contribution in [-0.4, -0.2) is 33.7 Å². The lowest BCUT2D eigenvalue weighted by Crippen LogP contribution is -2.08. The van der Waals surface area contributed by atoms with Gasteiger partial charge in [0.1, 0.15) is 5.82 Å². The Labute approximate surface area is 179 Å². The van der Waals surface area contributed by atoms with Gasteiger partial charge in [-0.3, -0.25) is 0 Å². The van der Waals surface area contributed by atoms with Gasteiger partial charge in [-0.05, 0) is 35.6 Å². The van der Waals surface area contributed by atoms with Gasteiger partial charge in [0.05, 0.1) is 35.0 Å². The Hall–Kier alpha value is -3.19. The maximum Gasteiger partial charge on any atom is 0.338 e. The van der Waals surface area contributed by atoms with Crippen molar-refractivity contribution in [2.45, 2.75) is 32.7 Å². The van der Waals surface area contributed by atoms with Gasteiger partial charge < -0.3 is 14.4 Å². The van der Waals surface area contributed by atoms with Crippen molar-refractivity contribution in [3.63, 3.8) is 0 Å². The number of aryl methyl sites for hydroxylation is 1. The summed E-state index contributed by atoms with van der Waals surface area (Å²) >= 11 is 1.44. The maximum atomic E-state index is 12.0. The number of esters is 1. The molecule has 3 rings (SSSR count). The van der Waals surface area contributed by atoms with E-state index in [2.05, 4.69) is 23.1 Å². The van der Waals surface area contributed by atoms with E-state index in [0.717, 1.165) is 46.8 Å². The summed E-state index contributed by atoms with van der Waals surface area (Å²) in [5.74, 6) is -0.451. The summed E-state index contributed by atoms with van der Waals surface area (Å²) in [5, 5.41) is 11.1. The number of nitrogens with zero attached hydrogens (tertiary/aromatic N) is 2. The van der Waals surface area contributed by atoms with Gasteiger partial charge in [-0.2, -0.15) is 0 Å². The number of ether oxygens (including phenoxy) is 1. The third kappa shape index (κ3) is 4.52. The number of unbranched alkanes of at least 4 members (excludes halogenated alkanes) is 1. The zero-order valence-electron chi connectivity index (χ0n) is 17.1. The second kappa shape index (κ2) is 9.54. The molecule has 0 fully saturated rings. The van der Waals surface area contributed by atoms with Crippen molar-refractivity contribution in [1.82, 2.24) is 9.55 Å². The molecule has 30 heavy (non-hydrogen) atoms. The van der Waals surface area contributed by atoms with Crippen molar-refractivity contribution in [2.24, 2.45) is 0 Å². The largest absolute Gasteiger partial charge is 0.478 e. The third-order valence-corrected chi connectivity index (χ3v) is 5.85. The van der Waals surface area contributed by atoms with Crippen molar-refractivity contribution in [3.8, 4) is 11.3 Å². The molecule has 0 spiro atoms. The number of hydrogen-bond donors (Lipinski definition) is 1. The minimum atomic E-state index is -0.947. The Bertz CT molecular complexity index is 1060. The van der Waals surface area contributed by atoms with E-state index in [4.69, 9.17) is 9.84 Å². The summed E-state index contributed by atoms with van der Waals surface area (Å²) in [4.78, 5) is 28.6. The zero-order valence-corrected chi connectivity index (χ0v) is 17.9. The SMILES string of the molecule is C=C(C(=O)OC)c1sccc1-c1cnc(CCCC)n1Cc1ccc(C(=O)O)cc1. The first-order valence-electron chi connectivity index (χ1n) is 9.68. The minimum absolute atomic E-state index is 0.255. The van der Waals surface area contributed by atoms with Gasteiger partial charge >= 0.3 is 11.9 Å². The molecule has 0 aliphatic rings. The highest BCUT2D eigenvalue weighted by molar-refractivity contribution is 7.12. The molecule has 3 aromatic rings. The van der Waals surface area contributed by atoms with Crippen LogP contribution in [0.2, 0.25) is 0 Å². The Morgan fingerprint density at radius 1 is 1.23 bits per heavy atom. The molecule has 0 aliphatic carbocycles. The average Bonchev–Trinajstić information content (AvgIpc) is 3.38. The van der Waals surface area contributed by atoms with Crippen molar-refractivity contribution in [2.75, 3.05) is 7.11 Å². The smallest absolute Gasteiger partial charge is 0.338 e. The summed E-state index contributed by atoms with van der Waals surface area (Å²) in [6.45, 7) is 6.59. The molecule has 0 amide bonds. The predicted molar refractivity (Wildman–Crippen MR) is 118 cm³/mol. The van der Waals surface area contributed by atoms with Crippen LogP contribution in [0.3, 0.4) is 0 Å². The van der Waals surface area contributed by atoms with Gasteiger partial charge in [0.15, 0.2) is 0 Å². The van der Waals surface area contributed by atoms with Gasteiger partial charge in [0, 0.05) is 18.5 Å². The van der Waals surface area contributed by atoms with Gasteiger partial charge in [0.25, 0.3) is 0 Å². The number of benzene rings is 1. The predicted octanol–water partition coefficient (Wildman–Crippen LogP) is 4.89. The summed E-state index contributed by atoms with van der Waals surface area (Å²) in [7, 11) is 1.34. The lowest BCUT2D eigenvalue weighted by molar-refractivity contribution is -0.133. The highest BCUT2D eigenvalue weighted by atomic mass is 32.1. The molecular weight excluding hydrogens is 400 g/mol. The molecule has 0 aliphatic heterocycles. The van der Waals surface area contributed by atoms with Crippen LogP contribution in [0.1, 0.15) is 46.4 Å². The number of carbonyl (C=O) groups is 2. The number of thiophene rings is 1. The molecule has 0 atom stereocenters. The summed E-state index contributed by atoms with van der Waals surface area (Å²) < 4.78 is 6.97. The Morgan fingerprint density at radius 2 is 1.97 bits per heavy atom. The molecule has 0 saturated heterocycles. The number of aromatic nitrogens is 2. The van der Waals surface area contributed by atoms with E-state index >= 15 is 0 Å². The Balaban J connectivity index is 2.01. The number of rotatable bonds is 9. The van der Waals surface area contributed by atoms with Crippen molar-refractivity contribution in [3.05, 3.63) is 70.3 Å². The van der Waals surface area contributed by atoms with E-state index in [1.807, 2.05) is 29.8 Å². The van der Waals surface area contributed by atoms with E-state index in [1.165, 1.54) is 18.4 Å². The van der Waals surface area contributed by atoms with E-state index in [9.17, 15) is 9.59 Å². The lowest BCUT2D eigenvalue weighted by atomic mass is 10.1. The van der Waals surface area contributed by atoms with Crippen LogP contribution < -0.4 is 0 Å². The highest BCUT2D eigenvalue weighted by Crippen LogP contribution is 2.34. The average molecular weight is 425 g/mol. The summed E-state index contributed by atoms with van der Waals surface area (Å²) in [6.07, 6.45) is 4.73. The van der Waals surface area contributed by atoms with Crippen molar-refractivity contribution >= 4 is 28.8 Å². The molecule has 1 N–H and O–H groups in total. The highest BCUT2D eigenvalue weighted by Gasteiger charge is 2.20. The molecule has 0 saturated carbocycles. The van der Waals surface area contributed by atoms with E-state index in [0.29, 0.717) is 12.1 Å². The van der Waals surface area contributed by atoms with Crippen LogP contribution in [0.15, 0.2) is 48.5 Å². The molecule has 1 aromatic carbocycles. The zero-order chi connectivity index (χ0) is 21.7. The standard InChI is InChI=1S/C23H24N2O4S/c1-4-5-6-20-24-13-19(18-11-12-30-21(18)15(2)23(28)29-3)25(20)14-16-7-9-17(10-8-16)22(26)27/h7-13H,2,4-6,14H2,1,3H3,(H,26,27). The van der Waals surface area contributed by atoms with Crippen molar-refractivity contribution < 1.29 is 19.4 Å². The van der Waals surface area contributed by atoms with Crippen LogP contribution >= 0.6 is 11.3 Å². The first-order chi connectivity index (χ1) is 14.5. The number of carbonyl (C=O) groups excluding carboxylic acids is 1. The molecular formula is C23H24N2O4S. The maximum absolute atomic E-state index is 12.0. The summed E-state index contributed by atoms with van der Waals surface area (Å²) in [6, 6.07) is 8.81. The Morgan fingerprint density at radius 3 is 2.60 bits per heavy atom. The number of carboxylic acids is 1. The summed E-state index contributed by atoms with van der Waals surface area (Å²) in [5.41, 5.74) is 3.32. The number of imidazole rings is 1. The van der Waals surface area contributed by atoms with Gasteiger partial charge in [-0.25, -0.2) is 14.6 Å². The molecule has 0 unspecified atom stereocenters. The third-order valence-electron chi connectivity index (χ3n) is 4.88. The van der Waals surface area contributed by atoms with Crippen LogP contribution in [0, 0.1) is 0 Å². The van der Waals surface area contributed by atoms with Gasteiger partial charge in [-0.15, -0.1) is 11.3 Å². The van der Waals surface area contributed by atoms with Crippen LogP contribution in [-0.2, 0) is 22.5 Å². The second-order valence-corrected chi connectivity index (χ2v) is 7.80. The van der Waals surface area contributed by atoms with Gasteiger partial charge in [-0.1, -0.05) is 32.1 Å². The fraction of sp³-hybridized carbons (Fsp3) is 0.261.